The Labute approximate surface area is 238 Å². The molecule has 0 aliphatic heterocycles. The third-order valence-corrected chi connectivity index (χ3v) is 8.03. The van der Waals surface area contributed by atoms with E-state index in [0.717, 1.165) is 33.7 Å². The highest BCUT2D eigenvalue weighted by molar-refractivity contribution is 7.92. The zero-order chi connectivity index (χ0) is 29.3. The van der Waals surface area contributed by atoms with Crippen LogP contribution in [-0.2, 0) is 32.6 Å². The molecule has 0 aromatic heterocycles. The lowest BCUT2D eigenvalue weighted by Crippen LogP contribution is -2.54. The second-order valence-corrected chi connectivity index (χ2v) is 11.8. The van der Waals surface area contributed by atoms with Gasteiger partial charge in [-0.15, -0.1) is 0 Å². The van der Waals surface area contributed by atoms with E-state index in [1.807, 2.05) is 75.4 Å². The lowest BCUT2D eigenvalue weighted by Gasteiger charge is -2.34. The maximum atomic E-state index is 14.2. The molecule has 40 heavy (non-hydrogen) atoms. The van der Waals surface area contributed by atoms with Crippen LogP contribution in [0.5, 0.6) is 5.75 Å². The van der Waals surface area contributed by atoms with Gasteiger partial charge < -0.3 is 15.0 Å². The highest BCUT2D eigenvalue weighted by atomic mass is 32.2. The van der Waals surface area contributed by atoms with Crippen LogP contribution in [0, 0.1) is 6.92 Å². The fraction of sp³-hybridized carbons (Fsp3) is 0.355. The number of carbonyl (C=O) groups excluding carboxylic acids is 2. The molecule has 1 N–H and O–H groups in total. The molecule has 9 heteroatoms. The maximum absolute atomic E-state index is 14.2. The molecule has 0 heterocycles. The van der Waals surface area contributed by atoms with Crippen LogP contribution in [-0.4, -0.2) is 57.1 Å². The Hall–Kier alpha value is -3.85. The Morgan fingerprint density at radius 3 is 2.20 bits per heavy atom. The summed E-state index contributed by atoms with van der Waals surface area (Å²) in [6.45, 7) is 5.48. The molecule has 0 saturated heterocycles. The van der Waals surface area contributed by atoms with Gasteiger partial charge in [-0.1, -0.05) is 73.7 Å². The van der Waals surface area contributed by atoms with Gasteiger partial charge in [0, 0.05) is 19.0 Å². The summed E-state index contributed by atoms with van der Waals surface area (Å²) in [6.07, 6.45) is 2.05. The highest BCUT2D eigenvalue weighted by Gasteiger charge is 2.34. The van der Waals surface area contributed by atoms with Crippen molar-refractivity contribution in [2.45, 2.75) is 52.2 Å². The summed E-state index contributed by atoms with van der Waals surface area (Å²) in [6, 6.07) is 22.8. The fourth-order valence-electron chi connectivity index (χ4n) is 4.40. The van der Waals surface area contributed by atoms with Crippen molar-refractivity contribution in [2.75, 3.05) is 24.2 Å². The van der Waals surface area contributed by atoms with Crippen LogP contribution in [0.25, 0.3) is 0 Å². The number of amides is 2. The van der Waals surface area contributed by atoms with Crippen molar-refractivity contribution in [3.05, 3.63) is 95.6 Å². The molecule has 0 radical (unpaired) electrons. The number of ether oxygens (including phenoxy) is 1. The van der Waals surface area contributed by atoms with Gasteiger partial charge in [0.15, 0.2) is 0 Å². The molecule has 8 nitrogen and oxygen atoms in total. The number of rotatable bonds is 13. The van der Waals surface area contributed by atoms with Crippen LogP contribution >= 0.6 is 0 Å². The number of carbonyl (C=O) groups is 2. The van der Waals surface area contributed by atoms with Crippen molar-refractivity contribution in [3.8, 4) is 5.75 Å². The van der Waals surface area contributed by atoms with Crippen LogP contribution in [0.15, 0.2) is 78.9 Å². The highest BCUT2D eigenvalue weighted by Crippen LogP contribution is 2.30. The molecule has 0 aliphatic rings. The Morgan fingerprint density at radius 2 is 1.57 bits per heavy atom. The Bertz CT molecular complexity index is 1390. The molecule has 3 rings (SSSR count). The van der Waals surface area contributed by atoms with E-state index in [4.69, 9.17) is 4.74 Å². The van der Waals surface area contributed by atoms with E-state index in [0.29, 0.717) is 5.75 Å². The van der Waals surface area contributed by atoms with E-state index in [9.17, 15) is 18.0 Å². The standard InChI is InChI=1S/C31H39N3O5S/c1-6-24(3)32-31(36)28(20-25-15-8-7-9-16-25)33(21-26-17-11-10-14-23(26)2)30(35)22-34(40(5,37)38)27-18-12-13-19-29(27)39-4/h7-19,24,28H,6,20-22H2,1-5H3,(H,32,36)/t24-,28-/m1/s1. The Morgan fingerprint density at radius 1 is 0.950 bits per heavy atom. The van der Waals surface area contributed by atoms with Crippen molar-refractivity contribution in [1.82, 2.24) is 10.2 Å². The van der Waals surface area contributed by atoms with Gasteiger partial charge in [0.25, 0.3) is 0 Å². The van der Waals surface area contributed by atoms with E-state index < -0.39 is 28.5 Å². The average Bonchev–Trinajstić information content (AvgIpc) is 2.94. The number of benzene rings is 3. The molecule has 0 aliphatic carbocycles. The van der Waals surface area contributed by atoms with Gasteiger partial charge in [-0.25, -0.2) is 8.42 Å². The lowest BCUT2D eigenvalue weighted by molar-refractivity contribution is -0.140. The number of hydrogen-bond donors (Lipinski definition) is 1. The number of nitrogens with zero attached hydrogens (tertiary/aromatic N) is 2. The lowest BCUT2D eigenvalue weighted by atomic mass is 10.0. The predicted molar refractivity (Wildman–Crippen MR) is 159 cm³/mol. The monoisotopic (exact) mass is 565 g/mol. The minimum atomic E-state index is -3.88. The zero-order valence-electron chi connectivity index (χ0n) is 23.8. The number of nitrogens with one attached hydrogen (secondary N) is 1. The van der Waals surface area contributed by atoms with E-state index in [2.05, 4.69) is 5.32 Å². The van der Waals surface area contributed by atoms with Gasteiger partial charge in [0.2, 0.25) is 21.8 Å². The van der Waals surface area contributed by atoms with Gasteiger partial charge in [-0.05, 0) is 49.1 Å². The molecule has 0 saturated carbocycles. The predicted octanol–water partition coefficient (Wildman–Crippen LogP) is 4.32. The van der Waals surface area contributed by atoms with Gasteiger partial charge in [-0.3, -0.25) is 13.9 Å². The third kappa shape index (κ3) is 8.08. The fourth-order valence-corrected chi connectivity index (χ4v) is 5.25. The number of hydrogen-bond acceptors (Lipinski definition) is 5. The normalized spacial score (nSPS) is 12.7. The van der Waals surface area contributed by atoms with Crippen molar-refractivity contribution < 1.29 is 22.7 Å². The van der Waals surface area contributed by atoms with E-state index >= 15 is 0 Å². The zero-order valence-corrected chi connectivity index (χ0v) is 24.6. The first-order valence-electron chi connectivity index (χ1n) is 13.3. The molecule has 2 atom stereocenters. The second kappa shape index (κ2) is 14.0. The Balaban J connectivity index is 2.09. The number of anilines is 1. The first-order valence-corrected chi connectivity index (χ1v) is 15.2. The molecule has 0 spiro atoms. The van der Waals surface area contributed by atoms with Crippen LogP contribution in [0.4, 0.5) is 5.69 Å². The van der Waals surface area contributed by atoms with Crippen LogP contribution in [0.2, 0.25) is 0 Å². The molecule has 0 unspecified atom stereocenters. The number of sulfonamides is 1. The quantitative estimate of drug-likeness (QED) is 0.333. The molecule has 3 aromatic rings. The van der Waals surface area contributed by atoms with Gasteiger partial charge >= 0.3 is 0 Å². The number of para-hydroxylation sites is 2. The van der Waals surface area contributed by atoms with Gasteiger partial charge in [-0.2, -0.15) is 0 Å². The molecular weight excluding hydrogens is 526 g/mol. The van der Waals surface area contributed by atoms with E-state index in [1.54, 1.807) is 24.3 Å². The first kappa shape index (κ1) is 30.7. The summed E-state index contributed by atoms with van der Waals surface area (Å²) >= 11 is 0. The average molecular weight is 566 g/mol. The smallest absolute Gasteiger partial charge is 0.244 e. The van der Waals surface area contributed by atoms with Crippen molar-refractivity contribution in [1.29, 1.82) is 0 Å². The van der Waals surface area contributed by atoms with Crippen molar-refractivity contribution in [3.63, 3.8) is 0 Å². The van der Waals surface area contributed by atoms with Crippen LogP contribution < -0.4 is 14.4 Å². The number of aryl methyl sites for hydroxylation is 1. The minimum absolute atomic E-state index is 0.0951. The minimum Gasteiger partial charge on any atom is -0.495 e. The largest absolute Gasteiger partial charge is 0.495 e. The summed E-state index contributed by atoms with van der Waals surface area (Å²) < 4.78 is 32.4. The van der Waals surface area contributed by atoms with Gasteiger partial charge in [0.1, 0.15) is 18.3 Å². The summed E-state index contributed by atoms with van der Waals surface area (Å²) in [5.74, 6) is -0.468. The van der Waals surface area contributed by atoms with E-state index in [-0.39, 0.29) is 30.6 Å². The molecule has 214 valence electrons. The van der Waals surface area contributed by atoms with Crippen LogP contribution in [0.3, 0.4) is 0 Å². The SMILES string of the molecule is CC[C@@H](C)NC(=O)[C@@H](Cc1ccccc1)N(Cc1ccccc1C)C(=O)CN(c1ccccc1OC)S(C)(=O)=O. The first-order chi connectivity index (χ1) is 19.0. The van der Waals surface area contributed by atoms with Crippen LogP contribution in [0.1, 0.15) is 37.0 Å². The summed E-state index contributed by atoms with van der Waals surface area (Å²) in [5, 5.41) is 3.03. The van der Waals surface area contributed by atoms with Gasteiger partial charge in [0.05, 0.1) is 19.1 Å². The second-order valence-electron chi connectivity index (χ2n) is 9.91. The molecular formula is C31H39N3O5S. The summed E-state index contributed by atoms with van der Waals surface area (Å²) in [4.78, 5) is 29.4. The summed E-state index contributed by atoms with van der Waals surface area (Å²) in [5.41, 5.74) is 2.97. The van der Waals surface area contributed by atoms with Crippen molar-refractivity contribution >= 4 is 27.5 Å². The van der Waals surface area contributed by atoms with E-state index in [1.165, 1.54) is 12.0 Å². The summed E-state index contributed by atoms with van der Waals surface area (Å²) in [7, 11) is -2.44. The molecule has 3 aromatic carbocycles. The molecule has 0 fully saturated rings. The Kier molecular flexibility index (Phi) is 10.7. The maximum Gasteiger partial charge on any atom is 0.244 e. The molecule has 2 amide bonds. The van der Waals surface area contributed by atoms with Crippen molar-refractivity contribution in [2.24, 2.45) is 0 Å². The topological polar surface area (TPSA) is 96.0 Å². The molecule has 0 bridgehead atoms. The third-order valence-electron chi connectivity index (χ3n) is 6.91. The number of methoxy groups -OCH3 is 1.